The quantitative estimate of drug-likeness (QED) is 0.494. The van der Waals surface area contributed by atoms with Gasteiger partial charge in [0.2, 0.25) is 11.8 Å². The van der Waals surface area contributed by atoms with Gasteiger partial charge in [-0.15, -0.1) is 0 Å². The van der Waals surface area contributed by atoms with Gasteiger partial charge in [-0.2, -0.15) is 0 Å². The van der Waals surface area contributed by atoms with Crippen molar-refractivity contribution < 1.29 is 29.3 Å². The summed E-state index contributed by atoms with van der Waals surface area (Å²) in [5.41, 5.74) is 1.38. The molecule has 6 aliphatic rings. The van der Waals surface area contributed by atoms with Crippen molar-refractivity contribution in [2.45, 2.75) is 62.7 Å². The van der Waals surface area contributed by atoms with Crippen LogP contribution in [0.25, 0.3) is 0 Å². The number of carbonyl (C=O) groups is 2. The van der Waals surface area contributed by atoms with Crippen molar-refractivity contribution in [3.8, 4) is 5.75 Å². The van der Waals surface area contributed by atoms with E-state index in [2.05, 4.69) is 5.32 Å². The van der Waals surface area contributed by atoms with Crippen LogP contribution in [0.5, 0.6) is 5.75 Å². The average Bonchev–Trinajstić information content (AvgIpc) is 3.26. The molecular formula is C29H38N2O6. The van der Waals surface area contributed by atoms with Crippen molar-refractivity contribution in [1.29, 1.82) is 0 Å². The summed E-state index contributed by atoms with van der Waals surface area (Å²) in [5, 5.41) is 23.8. The normalized spacial score (nSPS) is 36.8. The fourth-order valence-corrected chi connectivity index (χ4v) is 8.60. The Kier molecular flexibility index (Phi) is 6.53. The average molecular weight is 511 g/mol. The third kappa shape index (κ3) is 4.37. The molecule has 1 aromatic carbocycles. The van der Waals surface area contributed by atoms with E-state index < -0.39 is 24.2 Å². The van der Waals surface area contributed by atoms with Gasteiger partial charge < -0.3 is 29.9 Å². The monoisotopic (exact) mass is 510 g/mol. The summed E-state index contributed by atoms with van der Waals surface area (Å²) in [6.07, 6.45) is 7.39. The summed E-state index contributed by atoms with van der Waals surface area (Å²) < 4.78 is 11.5. The molecule has 4 unspecified atom stereocenters. The van der Waals surface area contributed by atoms with Gasteiger partial charge in [0.1, 0.15) is 24.6 Å². The lowest BCUT2D eigenvalue weighted by Crippen LogP contribution is -2.60. The molecule has 2 amide bonds. The van der Waals surface area contributed by atoms with Crippen molar-refractivity contribution >= 4 is 11.8 Å². The number of para-hydroxylation sites is 1. The Morgan fingerprint density at radius 3 is 2.46 bits per heavy atom. The lowest BCUT2D eigenvalue weighted by molar-refractivity contribution is -0.148. The fourth-order valence-electron chi connectivity index (χ4n) is 8.60. The lowest BCUT2D eigenvalue weighted by Gasteiger charge is -2.58. The number of carbonyl (C=O) groups excluding carboxylic acids is 2. The molecule has 3 N–H and O–H groups in total. The molecule has 200 valence electrons. The maximum absolute atomic E-state index is 13.6. The third-order valence-corrected chi connectivity index (χ3v) is 9.50. The second-order valence-corrected chi connectivity index (χ2v) is 12.1. The Balaban J connectivity index is 1.37. The van der Waals surface area contributed by atoms with E-state index in [4.69, 9.17) is 9.47 Å². The van der Waals surface area contributed by atoms with Gasteiger partial charge in [-0.05, 0) is 73.8 Å². The molecule has 4 bridgehead atoms. The van der Waals surface area contributed by atoms with Gasteiger partial charge in [0.25, 0.3) is 0 Å². The van der Waals surface area contributed by atoms with E-state index in [-0.39, 0.29) is 37.0 Å². The molecule has 0 saturated heterocycles. The molecule has 4 fully saturated rings. The number of fused-ring (bicyclic) bond motifs is 3. The number of hydrogen-bond acceptors (Lipinski definition) is 6. The lowest BCUT2D eigenvalue weighted by atomic mass is 9.49. The first-order valence-electron chi connectivity index (χ1n) is 13.7. The van der Waals surface area contributed by atoms with Gasteiger partial charge >= 0.3 is 0 Å². The highest BCUT2D eigenvalue weighted by Gasteiger charge is 2.55. The Hall–Kier alpha value is -2.42. The second-order valence-electron chi connectivity index (χ2n) is 12.1. The van der Waals surface area contributed by atoms with E-state index in [1.807, 2.05) is 24.3 Å². The van der Waals surface area contributed by atoms with Crippen LogP contribution in [0.2, 0.25) is 0 Å². The zero-order chi connectivity index (χ0) is 25.7. The van der Waals surface area contributed by atoms with Crippen LogP contribution in [-0.2, 0) is 14.3 Å². The number of aliphatic hydroxyl groups is 2. The van der Waals surface area contributed by atoms with Gasteiger partial charge in [-0.25, -0.2) is 0 Å². The van der Waals surface area contributed by atoms with E-state index in [0.717, 1.165) is 42.6 Å². The largest absolute Gasteiger partial charge is 0.486 e. The molecule has 5 aliphatic carbocycles. The van der Waals surface area contributed by atoms with E-state index in [1.54, 1.807) is 11.0 Å². The maximum Gasteiger partial charge on any atom is 0.249 e. The molecule has 1 heterocycles. The molecule has 0 aromatic heterocycles. The Morgan fingerprint density at radius 2 is 1.81 bits per heavy atom. The molecule has 4 saturated carbocycles. The standard InChI is InChI=1S/C29H38N2O6/c1-36-15-24(33)31(16-29-12-17-8-18(13-29)10-19(9-17)14-29)22-11-21(28(35)30-6-7-32)25-20-4-2-3-5-23(20)37-27(25)26(22)34/h2-5,11,17-19,22,25-27,32,34H,6-10,12-16H2,1H3,(H,30,35). The minimum absolute atomic E-state index is 0.0569. The van der Waals surface area contributed by atoms with Crippen LogP contribution in [0.15, 0.2) is 35.9 Å². The predicted molar refractivity (Wildman–Crippen MR) is 136 cm³/mol. The van der Waals surface area contributed by atoms with Crippen molar-refractivity contribution in [1.82, 2.24) is 10.2 Å². The van der Waals surface area contributed by atoms with Gasteiger partial charge in [0, 0.05) is 31.3 Å². The first kappa shape index (κ1) is 24.9. The zero-order valence-corrected chi connectivity index (χ0v) is 21.5. The van der Waals surface area contributed by atoms with Gasteiger partial charge in [-0.1, -0.05) is 18.2 Å². The molecule has 8 nitrogen and oxygen atoms in total. The van der Waals surface area contributed by atoms with Gasteiger partial charge in [0.15, 0.2) is 0 Å². The highest BCUT2D eigenvalue weighted by atomic mass is 16.5. The smallest absolute Gasteiger partial charge is 0.249 e. The van der Waals surface area contributed by atoms with Gasteiger partial charge in [-0.3, -0.25) is 9.59 Å². The molecule has 4 atom stereocenters. The Labute approximate surface area is 218 Å². The van der Waals surface area contributed by atoms with Crippen LogP contribution in [0.4, 0.5) is 0 Å². The van der Waals surface area contributed by atoms with Gasteiger partial charge in [0.05, 0.1) is 18.6 Å². The molecule has 0 spiro atoms. The molecule has 1 aromatic rings. The summed E-state index contributed by atoms with van der Waals surface area (Å²) in [4.78, 5) is 28.7. The molecular weight excluding hydrogens is 472 g/mol. The second kappa shape index (κ2) is 9.71. The molecule has 8 heteroatoms. The topological polar surface area (TPSA) is 108 Å². The Bertz CT molecular complexity index is 1050. The summed E-state index contributed by atoms with van der Waals surface area (Å²) in [6, 6.07) is 6.83. The minimum Gasteiger partial charge on any atom is -0.486 e. The SMILES string of the molecule is COCC(=O)N(CC12CC3CC(CC(C3)C1)C2)C1C=C(C(=O)NCCO)C2c3ccccc3OC2C1O. The molecule has 37 heavy (non-hydrogen) atoms. The van der Waals surface area contributed by atoms with E-state index in [0.29, 0.717) is 17.9 Å². The minimum atomic E-state index is -0.999. The number of methoxy groups -OCH3 is 1. The zero-order valence-electron chi connectivity index (χ0n) is 21.5. The predicted octanol–water partition coefficient (Wildman–Crippen LogP) is 2.00. The highest BCUT2D eigenvalue weighted by molar-refractivity contribution is 5.96. The van der Waals surface area contributed by atoms with Crippen LogP contribution in [0.3, 0.4) is 0 Å². The first-order valence-corrected chi connectivity index (χ1v) is 13.7. The molecule has 1 aliphatic heterocycles. The van der Waals surface area contributed by atoms with E-state index in [9.17, 15) is 19.8 Å². The van der Waals surface area contributed by atoms with Crippen LogP contribution >= 0.6 is 0 Å². The maximum atomic E-state index is 13.6. The number of amides is 2. The van der Waals surface area contributed by atoms with Crippen molar-refractivity contribution in [2.75, 3.05) is 33.4 Å². The van der Waals surface area contributed by atoms with E-state index >= 15 is 0 Å². The van der Waals surface area contributed by atoms with Crippen molar-refractivity contribution in [3.63, 3.8) is 0 Å². The number of ether oxygens (including phenoxy) is 2. The summed E-state index contributed by atoms with van der Waals surface area (Å²) in [5.74, 6) is 1.91. The summed E-state index contributed by atoms with van der Waals surface area (Å²) in [7, 11) is 1.51. The van der Waals surface area contributed by atoms with Crippen LogP contribution in [-0.4, -0.2) is 78.6 Å². The fraction of sp³-hybridized carbons (Fsp3) is 0.655. The number of rotatable bonds is 8. The number of nitrogens with zero attached hydrogens (tertiary/aromatic N) is 1. The van der Waals surface area contributed by atoms with Crippen LogP contribution in [0, 0.1) is 23.2 Å². The van der Waals surface area contributed by atoms with Crippen LogP contribution < -0.4 is 10.1 Å². The number of nitrogens with one attached hydrogen (secondary N) is 1. The van der Waals surface area contributed by atoms with Crippen molar-refractivity contribution in [3.05, 3.63) is 41.5 Å². The van der Waals surface area contributed by atoms with Crippen LogP contribution in [0.1, 0.15) is 50.0 Å². The van der Waals surface area contributed by atoms with E-state index in [1.165, 1.54) is 26.4 Å². The molecule has 0 radical (unpaired) electrons. The Morgan fingerprint density at radius 1 is 1.14 bits per heavy atom. The number of hydrogen-bond donors (Lipinski definition) is 3. The summed E-state index contributed by atoms with van der Waals surface area (Å²) >= 11 is 0. The van der Waals surface area contributed by atoms with Crippen molar-refractivity contribution in [2.24, 2.45) is 23.2 Å². The number of benzene rings is 1. The first-order chi connectivity index (χ1) is 17.9. The number of aliphatic hydroxyl groups excluding tert-OH is 2. The summed E-state index contributed by atoms with van der Waals surface area (Å²) in [6.45, 7) is 0.442. The third-order valence-electron chi connectivity index (χ3n) is 9.50. The highest BCUT2D eigenvalue weighted by Crippen LogP contribution is 2.60. The molecule has 7 rings (SSSR count).